The number of benzene rings is 1. The molecule has 2 heterocycles. The van der Waals surface area contributed by atoms with E-state index in [2.05, 4.69) is 4.98 Å². The Kier molecular flexibility index (Phi) is 4.20. The molecular formula is C17H12F4N2O2. The average molecular weight is 352 g/mol. The van der Waals surface area contributed by atoms with Crippen molar-refractivity contribution in [3.05, 3.63) is 59.8 Å². The third kappa shape index (κ3) is 3.33. The molecular weight excluding hydrogens is 340 g/mol. The van der Waals surface area contributed by atoms with Crippen LogP contribution in [0, 0.1) is 5.82 Å². The maximum absolute atomic E-state index is 13.4. The number of pyridine rings is 1. The van der Waals surface area contributed by atoms with Gasteiger partial charge in [-0.25, -0.2) is 14.2 Å². The molecule has 0 unspecified atom stereocenters. The molecule has 130 valence electrons. The Morgan fingerprint density at radius 3 is 2.60 bits per heavy atom. The molecule has 2 aromatic heterocycles. The van der Waals surface area contributed by atoms with Crippen LogP contribution in [0.2, 0.25) is 0 Å². The first-order valence-electron chi connectivity index (χ1n) is 7.32. The molecule has 4 nitrogen and oxygen atoms in total. The second kappa shape index (κ2) is 6.19. The highest BCUT2D eigenvalue weighted by Crippen LogP contribution is 2.35. The first-order valence-corrected chi connectivity index (χ1v) is 7.32. The van der Waals surface area contributed by atoms with Crippen LogP contribution in [0.5, 0.6) is 0 Å². The van der Waals surface area contributed by atoms with Gasteiger partial charge in [-0.05, 0) is 36.2 Å². The van der Waals surface area contributed by atoms with E-state index in [1.165, 1.54) is 24.4 Å². The molecule has 3 rings (SSSR count). The van der Waals surface area contributed by atoms with Gasteiger partial charge in [0.2, 0.25) is 0 Å². The second-order valence-electron chi connectivity index (χ2n) is 5.23. The van der Waals surface area contributed by atoms with E-state index in [0.29, 0.717) is 0 Å². The van der Waals surface area contributed by atoms with Crippen LogP contribution in [0.25, 0.3) is 16.8 Å². The molecule has 0 fully saturated rings. The molecule has 0 aliphatic carbocycles. The quantitative estimate of drug-likeness (QED) is 0.520. The number of alkyl halides is 3. The summed E-state index contributed by atoms with van der Waals surface area (Å²) < 4.78 is 59.5. The fraction of sp³-hybridized carbons (Fsp3) is 0.176. The van der Waals surface area contributed by atoms with Crippen molar-refractivity contribution in [3.8, 4) is 11.1 Å². The zero-order valence-electron chi connectivity index (χ0n) is 13.0. The van der Waals surface area contributed by atoms with Crippen molar-refractivity contribution >= 4 is 11.6 Å². The molecule has 0 amide bonds. The Bertz CT molecular complexity index is 947. The predicted molar refractivity (Wildman–Crippen MR) is 81.5 cm³/mol. The lowest BCUT2D eigenvalue weighted by Crippen LogP contribution is -2.08. The minimum Gasteiger partial charge on any atom is -0.461 e. The molecule has 0 bridgehead atoms. The van der Waals surface area contributed by atoms with E-state index in [4.69, 9.17) is 4.74 Å². The summed E-state index contributed by atoms with van der Waals surface area (Å²) in [5.74, 6) is -1.38. The van der Waals surface area contributed by atoms with Gasteiger partial charge >= 0.3 is 12.1 Å². The predicted octanol–water partition coefficient (Wildman–Crippen LogP) is 4.34. The number of hydrogen-bond donors (Lipinski definition) is 0. The highest BCUT2D eigenvalue weighted by atomic mass is 19.4. The molecule has 1 aromatic carbocycles. The van der Waals surface area contributed by atoms with Crippen LogP contribution in [0.4, 0.5) is 17.6 Å². The number of carbonyl (C=O) groups excluding carboxylic acids is 1. The molecule has 25 heavy (non-hydrogen) atoms. The minimum absolute atomic E-state index is 0.0768. The number of ether oxygens (including phenoxy) is 1. The van der Waals surface area contributed by atoms with Crippen LogP contribution in [0.1, 0.15) is 23.0 Å². The molecule has 8 heteroatoms. The van der Waals surface area contributed by atoms with Gasteiger partial charge in [-0.3, -0.25) is 0 Å². The van der Waals surface area contributed by atoms with E-state index in [1.807, 2.05) is 0 Å². The highest BCUT2D eigenvalue weighted by molar-refractivity contribution is 5.88. The maximum atomic E-state index is 13.4. The minimum atomic E-state index is -4.69. The van der Waals surface area contributed by atoms with Crippen molar-refractivity contribution in [3.63, 3.8) is 0 Å². The first-order chi connectivity index (χ1) is 11.8. The van der Waals surface area contributed by atoms with Gasteiger partial charge in [0.25, 0.3) is 0 Å². The highest BCUT2D eigenvalue weighted by Gasteiger charge is 2.35. The molecule has 0 N–H and O–H groups in total. The van der Waals surface area contributed by atoms with Crippen molar-refractivity contribution in [2.75, 3.05) is 6.61 Å². The number of carbonyl (C=O) groups is 1. The molecule has 3 aromatic rings. The van der Waals surface area contributed by atoms with E-state index >= 15 is 0 Å². The van der Waals surface area contributed by atoms with Crippen LogP contribution in [0.3, 0.4) is 0 Å². The lowest BCUT2D eigenvalue weighted by Gasteiger charge is -2.11. The Morgan fingerprint density at radius 2 is 1.96 bits per heavy atom. The summed E-state index contributed by atoms with van der Waals surface area (Å²) >= 11 is 0. The van der Waals surface area contributed by atoms with Crippen molar-refractivity contribution in [2.24, 2.45) is 0 Å². The van der Waals surface area contributed by atoms with Crippen molar-refractivity contribution < 1.29 is 27.1 Å². The van der Waals surface area contributed by atoms with Crippen LogP contribution < -0.4 is 0 Å². The maximum Gasteiger partial charge on any atom is 0.420 e. The largest absolute Gasteiger partial charge is 0.461 e. The number of rotatable bonds is 3. The normalized spacial score (nSPS) is 11.7. The van der Waals surface area contributed by atoms with Gasteiger partial charge in [0, 0.05) is 12.4 Å². The summed E-state index contributed by atoms with van der Waals surface area (Å²) in [4.78, 5) is 15.5. The molecule has 0 aliphatic heterocycles. The van der Waals surface area contributed by atoms with E-state index < -0.39 is 29.2 Å². The number of halogens is 4. The van der Waals surface area contributed by atoms with Crippen LogP contribution >= 0.6 is 0 Å². The van der Waals surface area contributed by atoms with E-state index in [0.717, 1.165) is 22.7 Å². The van der Waals surface area contributed by atoms with E-state index in [9.17, 15) is 22.4 Å². The van der Waals surface area contributed by atoms with Gasteiger partial charge in [-0.2, -0.15) is 13.2 Å². The summed E-state index contributed by atoms with van der Waals surface area (Å²) in [6.07, 6.45) is -2.18. The van der Waals surface area contributed by atoms with Gasteiger partial charge in [0.05, 0.1) is 12.2 Å². The third-order valence-corrected chi connectivity index (χ3v) is 3.50. The zero-order chi connectivity index (χ0) is 18.2. The number of hydrogen-bond acceptors (Lipinski definition) is 3. The lowest BCUT2D eigenvalue weighted by molar-refractivity contribution is -0.136. The molecule has 0 saturated heterocycles. The van der Waals surface area contributed by atoms with Crippen LogP contribution in [-0.4, -0.2) is 22.0 Å². The van der Waals surface area contributed by atoms with Gasteiger partial charge < -0.3 is 9.14 Å². The SMILES string of the molecule is CCOC(=O)c1cn2cc(-c3cccc(F)c3)cc(C(F)(F)F)c2n1. The fourth-order valence-corrected chi connectivity index (χ4v) is 2.44. The average Bonchev–Trinajstić information content (AvgIpc) is 2.97. The van der Waals surface area contributed by atoms with Gasteiger partial charge in [0.15, 0.2) is 5.69 Å². The monoisotopic (exact) mass is 352 g/mol. The van der Waals surface area contributed by atoms with E-state index in [-0.39, 0.29) is 23.4 Å². The summed E-state index contributed by atoms with van der Waals surface area (Å²) in [6.45, 7) is 1.66. The second-order valence-corrected chi connectivity index (χ2v) is 5.23. The van der Waals surface area contributed by atoms with Crippen LogP contribution in [0.15, 0.2) is 42.7 Å². The summed E-state index contributed by atoms with van der Waals surface area (Å²) in [5, 5.41) is 0. The number of esters is 1. The summed E-state index contributed by atoms with van der Waals surface area (Å²) in [6, 6.07) is 6.10. The number of aromatic nitrogens is 2. The first kappa shape index (κ1) is 16.9. The van der Waals surface area contributed by atoms with Gasteiger partial charge in [-0.1, -0.05) is 12.1 Å². The Balaban J connectivity index is 2.23. The molecule has 0 aliphatic rings. The molecule has 0 spiro atoms. The van der Waals surface area contributed by atoms with Crippen molar-refractivity contribution in [2.45, 2.75) is 13.1 Å². The standard InChI is InChI=1S/C17H12F4N2O2/c1-2-25-16(24)14-9-23-8-11(10-4-3-5-12(18)6-10)7-13(15(23)22-14)17(19,20)21/h3-9H,2H2,1H3. The van der Waals surface area contributed by atoms with Crippen molar-refractivity contribution in [1.82, 2.24) is 9.38 Å². The van der Waals surface area contributed by atoms with Crippen molar-refractivity contribution in [1.29, 1.82) is 0 Å². The number of fused-ring (bicyclic) bond motifs is 1. The van der Waals surface area contributed by atoms with Gasteiger partial charge in [-0.15, -0.1) is 0 Å². The summed E-state index contributed by atoms with van der Waals surface area (Å²) in [7, 11) is 0. The lowest BCUT2D eigenvalue weighted by atomic mass is 10.1. The fourth-order valence-electron chi connectivity index (χ4n) is 2.44. The Hall–Kier alpha value is -2.90. The number of imidazole rings is 1. The third-order valence-electron chi connectivity index (χ3n) is 3.50. The number of nitrogens with zero attached hydrogens (tertiary/aromatic N) is 2. The smallest absolute Gasteiger partial charge is 0.420 e. The Labute approximate surface area is 139 Å². The molecule has 0 saturated carbocycles. The zero-order valence-corrected chi connectivity index (χ0v) is 13.0. The van der Waals surface area contributed by atoms with Crippen LogP contribution in [-0.2, 0) is 10.9 Å². The Morgan fingerprint density at radius 1 is 1.20 bits per heavy atom. The van der Waals surface area contributed by atoms with Gasteiger partial charge in [0.1, 0.15) is 11.5 Å². The topological polar surface area (TPSA) is 43.6 Å². The molecule has 0 atom stereocenters. The molecule has 0 radical (unpaired) electrons. The summed E-state index contributed by atoms with van der Waals surface area (Å²) in [5.41, 5.74) is -1.25. The van der Waals surface area contributed by atoms with E-state index in [1.54, 1.807) is 6.92 Å².